The SMILES string of the molecule is Cc1ccc(S(=O)(=O)[C@H](CC(=O)c2ccc([N+](=O)[O-])cc2)C(=O)c2ccc(Cl)cc2Cl)cc1. The minimum absolute atomic E-state index is 0.0414. The van der Waals surface area contributed by atoms with Crippen molar-refractivity contribution in [2.75, 3.05) is 0 Å². The maximum Gasteiger partial charge on any atom is 0.269 e. The summed E-state index contributed by atoms with van der Waals surface area (Å²) in [5.74, 6) is -1.52. The van der Waals surface area contributed by atoms with Crippen LogP contribution in [0.1, 0.15) is 32.7 Å². The molecule has 3 aromatic carbocycles. The molecule has 1 atom stereocenters. The van der Waals surface area contributed by atoms with E-state index in [2.05, 4.69) is 0 Å². The first-order valence-electron chi connectivity index (χ1n) is 9.58. The lowest BCUT2D eigenvalue weighted by molar-refractivity contribution is -0.384. The third kappa shape index (κ3) is 5.47. The Labute approximate surface area is 200 Å². The molecule has 0 aliphatic rings. The first-order chi connectivity index (χ1) is 15.5. The topological polar surface area (TPSA) is 111 Å². The Balaban J connectivity index is 2.04. The predicted octanol–water partition coefficient (Wildman–Crippen LogP) is 5.51. The third-order valence-corrected chi connectivity index (χ3v) is 7.59. The fourth-order valence-electron chi connectivity index (χ4n) is 3.15. The number of nitrogens with zero attached hydrogens (tertiary/aromatic N) is 1. The van der Waals surface area contributed by atoms with Gasteiger partial charge in [-0.2, -0.15) is 0 Å². The van der Waals surface area contributed by atoms with Gasteiger partial charge >= 0.3 is 0 Å². The van der Waals surface area contributed by atoms with Gasteiger partial charge in [0.1, 0.15) is 5.25 Å². The second-order valence-electron chi connectivity index (χ2n) is 7.27. The fraction of sp³-hybridized carbons (Fsp3) is 0.130. The summed E-state index contributed by atoms with van der Waals surface area (Å²) in [6.07, 6.45) is -0.675. The van der Waals surface area contributed by atoms with Crippen molar-refractivity contribution in [2.45, 2.75) is 23.5 Å². The number of non-ortho nitro benzene ring substituents is 1. The molecule has 0 aliphatic heterocycles. The molecule has 7 nitrogen and oxygen atoms in total. The molecule has 0 aromatic heterocycles. The molecule has 0 aliphatic carbocycles. The Morgan fingerprint density at radius 1 is 0.970 bits per heavy atom. The number of nitro benzene ring substituents is 1. The highest BCUT2D eigenvalue weighted by atomic mass is 35.5. The number of hydrogen-bond donors (Lipinski definition) is 0. The van der Waals surface area contributed by atoms with Crippen LogP contribution in [0.4, 0.5) is 5.69 Å². The number of nitro groups is 1. The summed E-state index contributed by atoms with van der Waals surface area (Å²) in [5, 5.41) is 9.30. The van der Waals surface area contributed by atoms with Gasteiger partial charge in [-0.15, -0.1) is 0 Å². The van der Waals surface area contributed by atoms with E-state index in [-0.39, 0.29) is 31.8 Å². The highest BCUT2D eigenvalue weighted by Gasteiger charge is 2.37. The Bertz CT molecular complexity index is 1340. The van der Waals surface area contributed by atoms with E-state index in [9.17, 15) is 28.1 Å². The molecule has 0 radical (unpaired) electrons. The van der Waals surface area contributed by atoms with E-state index in [1.165, 1.54) is 42.5 Å². The van der Waals surface area contributed by atoms with E-state index in [0.29, 0.717) is 0 Å². The van der Waals surface area contributed by atoms with Gasteiger partial charge in [0.25, 0.3) is 5.69 Å². The zero-order valence-corrected chi connectivity index (χ0v) is 19.5. The van der Waals surface area contributed by atoms with Crippen molar-refractivity contribution in [3.05, 3.63) is 104 Å². The second-order valence-corrected chi connectivity index (χ2v) is 10.2. The van der Waals surface area contributed by atoms with Gasteiger partial charge in [-0.1, -0.05) is 40.9 Å². The highest BCUT2D eigenvalue weighted by molar-refractivity contribution is 7.92. The molecular weight excluding hydrogens is 489 g/mol. The zero-order chi connectivity index (χ0) is 24.3. The van der Waals surface area contributed by atoms with Crippen LogP contribution in [0.2, 0.25) is 10.0 Å². The van der Waals surface area contributed by atoms with Crippen LogP contribution < -0.4 is 0 Å². The van der Waals surface area contributed by atoms with Crippen molar-refractivity contribution in [2.24, 2.45) is 0 Å². The number of ketones is 2. The average Bonchev–Trinajstić information content (AvgIpc) is 2.77. The summed E-state index contributed by atoms with van der Waals surface area (Å²) in [7, 11) is -4.29. The minimum Gasteiger partial charge on any atom is -0.294 e. The van der Waals surface area contributed by atoms with E-state index in [1.807, 2.05) is 0 Å². The van der Waals surface area contributed by atoms with Gasteiger partial charge in [0.2, 0.25) is 0 Å². The number of benzene rings is 3. The van der Waals surface area contributed by atoms with Gasteiger partial charge in [-0.25, -0.2) is 8.42 Å². The molecule has 0 heterocycles. The van der Waals surface area contributed by atoms with Crippen molar-refractivity contribution in [3.8, 4) is 0 Å². The Morgan fingerprint density at radius 3 is 2.12 bits per heavy atom. The number of hydrogen-bond acceptors (Lipinski definition) is 6. The summed E-state index contributed by atoms with van der Waals surface area (Å²) in [5.41, 5.74) is 0.553. The Kier molecular flexibility index (Phi) is 7.31. The van der Waals surface area contributed by atoms with Crippen LogP contribution in [0.15, 0.2) is 71.6 Å². The molecule has 170 valence electrons. The number of halogens is 2. The molecule has 0 amide bonds. The first kappa shape index (κ1) is 24.6. The fourth-order valence-corrected chi connectivity index (χ4v) is 5.28. The van der Waals surface area contributed by atoms with Gasteiger partial charge in [0.15, 0.2) is 21.4 Å². The number of aryl methyl sites for hydroxylation is 1. The number of rotatable bonds is 8. The lowest BCUT2D eigenvalue weighted by Crippen LogP contribution is -2.33. The van der Waals surface area contributed by atoms with Crippen LogP contribution in [-0.4, -0.2) is 30.2 Å². The average molecular weight is 506 g/mol. The molecule has 0 spiro atoms. The predicted molar refractivity (Wildman–Crippen MR) is 125 cm³/mol. The Hall–Kier alpha value is -3.07. The number of carbonyl (C=O) groups is 2. The summed E-state index contributed by atoms with van der Waals surface area (Å²) in [4.78, 5) is 36.3. The van der Waals surface area contributed by atoms with E-state index in [0.717, 1.165) is 17.7 Å². The molecule has 3 rings (SSSR count). The standard InChI is InChI=1S/C23H17Cl2NO6S/c1-14-2-9-18(10-3-14)33(31,32)22(23(28)19-11-6-16(24)12-20(19)25)13-21(27)15-4-7-17(8-5-15)26(29)30/h2-12,22H,13H2,1H3/t22-/m1/s1. The third-order valence-electron chi connectivity index (χ3n) is 4.98. The maximum atomic E-state index is 13.4. The molecule has 0 saturated carbocycles. The van der Waals surface area contributed by atoms with Crippen LogP contribution in [-0.2, 0) is 9.84 Å². The number of carbonyl (C=O) groups excluding carboxylic acids is 2. The van der Waals surface area contributed by atoms with Crippen molar-refractivity contribution < 1.29 is 22.9 Å². The molecule has 10 heteroatoms. The van der Waals surface area contributed by atoms with Crippen molar-refractivity contribution in [1.29, 1.82) is 0 Å². The smallest absolute Gasteiger partial charge is 0.269 e. The molecule has 0 bridgehead atoms. The minimum atomic E-state index is -4.29. The normalized spacial score (nSPS) is 12.2. The van der Waals surface area contributed by atoms with Gasteiger partial charge in [0.05, 0.1) is 14.8 Å². The lowest BCUT2D eigenvalue weighted by Gasteiger charge is -2.17. The first-order valence-corrected chi connectivity index (χ1v) is 11.9. The van der Waals surface area contributed by atoms with Crippen molar-refractivity contribution in [1.82, 2.24) is 0 Å². The Morgan fingerprint density at radius 2 is 1.58 bits per heavy atom. The maximum absolute atomic E-state index is 13.4. The van der Waals surface area contributed by atoms with Gasteiger partial charge in [-0.3, -0.25) is 19.7 Å². The zero-order valence-electron chi connectivity index (χ0n) is 17.2. The summed E-state index contributed by atoms with van der Waals surface area (Å²) >= 11 is 12.0. The number of sulfone groups is 1. The van der Waals surface area contributed by atoms with E-state index < -0.39 is 38.0 Å². The summed E-state index contributed by atoms with van der Waals surface area (Å²) in [6.45, 7) is 1.78. The van der Waals surface area contributed by atoms with Crippen molar-refractivity contribution in [3.63, 3.8) is 0 Å². The quantitative estimate of drug-likeness (QED) is 0.226. The molecule has 3 aromatic rings. The molecule has 0 fully saturated rings. The van der Waals surface area contributed by atoms with Crippen LogP contribution in [0.3, 0.4) is 0 Å². The van der Waals surface area contributed by atoms with Gasteiger partial charge < -0.3 is 0 Å². The highest BCUT2D eigenvalue weighted by Crippen LogP contribution is 2.28. The molecule has 33 heavy (non-hydrogen) atoms. The monoisotopic (exact) mass is 505 g/mol. The number of Topliss-reactive ketones (excluding diaryl/α,β-unsaturated/α-hetero) is 2. The molecular formula is C23H17Cl2NO6S. The van der Waals surface area contributed by atoms with Gasteiger partial charge in [-0.05, 0) is 49.4 Å². The van der Waals surface area contributed by atoms with Crippen LogP contribution >= 0.6 is 23.2 Å². The van der Waals surface area contributed by atoms with E-state index in [4.69, 9.17) is 23.2 Å². The molecule has 0 unspecified atom stereocenters. The van der Waals surface area contributed by atoms with Crippen molar-refractivity contribution >= 4 is 50.3 Å². The largest absolute Gasteiger partial charge is 0.294 e. The lowest BCUT2D eigenvalue weighted by atomic mass is 10.0. The summed E-state index contributed by atoms with van der Waals surface area (Å²) < 4.78 is 26.8. The van der Waals surface area contributed by atoms with Crippen LogP contribution in [0.25, 0.3) is 0 Å². The van der Waals surface area contributed by atoms with Crippen LogP contribution in [0.5, 0.6) is 0 Å². The summed E-state index contributed by atoms with van der Waals surface area (Å²) in [6, 6.07) is 14.6. The van der Waals surface area contributed by atoms with E-state index >= 15 is 0 Å². The van der Waals surface area contributed by atoms with E-state index in [1.54, 1.807) is 19.1 Å². The van der Waals surface area contributed by atoms with Gasteiger partial charge in [0, 0.05) is 34.7 Å². The molecule has 0 saturated heterocycles. The molecule has 0 N–H and O–H groups in total. The van der Waals surface area contributed by atoms with Crippen LogP contribution in [0, 0.1) is 17.0 Å². The second kappa shape index (κ2) is 9.82.